The molecule has 0 saturated carbocycles. The summed E-state index contributed by atoms with van der Waals surface area (Å²) in [5.74, 6) is 0.744. The Morgan fingerprint density at radius 3 is 2.22 bits per heavy atom. The standard InChI is InChI=1S/C17H31N3O3/c1-17(2,3)23-16(22)20-10-6-14(7-11-20)12-18-13-15(21)19-8-4-5-9-19/h14,18H,4-13H2,1-3H3. The topological polar surface area (TPSA) is 61.9 Å². The highest BCUT2D eigenvalue weighted by Crippen LogP contribution is 2.19. The van der Waals surface area contributed by atoms with E-state index < -0.39 is 5.60 Å². The predicted octanol–water partition coefficient (Wildman–Crippen LogP) is 1.85. The SMILES string of the molecule is CC(C)(C)OC(=O)N1CCC(CNCC(=O)N2CCCC2)CC1. The van der Waals surface area contributed by atoms with Crippen molar-refractivity contribution in [3.63, 3.8) is 0 Å². The second-order valence-electron chi connectivity index (χ2n) is 7.63. The number of hydrogen-bond donors (Lipinski definition) is 1. The lowest BCUT2D eigenvalue weighted by atomic mass is 9.97. The number of ether oxygens (including phenoxy) is 1. The Morgan fingerprint density at radius 1 is 1.04 bits per heavy atom. The van der Waals surface area contributed by atoms with E-state index in [1.807, 2.05) is 25.7 Å². The van der Waals surface area contributed by atoms with Gasteiger partial charge in [-0.05, 0) is 58.9 Å². The normalized spacial score (nSPS) is 20.0. The van der Waals surface area contributed by atoms with Crippen LogP contribution in [0.4, 0.5) is 4.79 Å². The van der Waals surface area contributed by atoms with Crippen LogP contribution in [0.15, 0.2) is 0 Å². The zero-order valence-electron chi connectivity index (χ0n) is 14.8. The molecule has 2 saturated heterocycles. The lowest BCUT2D eigenvalue weighted by Crippen LogP contribution is -2.44. The van der Waals surface area contributed by atoms with Crippen LogP contribution < -0.4 is 5.32 Å². The number of likely N-dealkylation sites (tertiary alicyclic amines) is 2. The first-order valence-corrected chi connectivity index (χ1v) is 8.81. The maximum absolute atomic E-state index is 12.0. The van der Waals surface area contributed by atoms with Gasteiger partial charge >= 0.3 is 6.09 Å². The Bertz CT molecular complexity index is 406. The summed E-state index contributed by atoms with van der Waals surface area (Å²) in [6.45, 7) is 10.2. The summed E-state index contributed by atoms with van der Waals surface area (Å²) in [7, 11) is 0. The quantitative estimate of drug-likeness (QED) is 0.857. The van der Waals surface area contributed by atoms with Crippen molar-refractivity contribution in [3.05, 3.63) is 0 Å². The molecule has 0 bridgehead atoms. The molecule has 0 aromatic carbocycles. The molecule has 2 aliphatic heterocycles. The smallest absolute Gasteiger partial charge is 0.410 e. The van der Waals surface area contributed by atoms with Gasteiger partial charge in [0.1, 0.15) is 5.60 Å². The first-order chi connectivity index (χ1) is 10.8. The molecule has 6 heteroatoms. The molecular weight excluding hydrogens is 294 g/mol. The van der Waals surface area contributed by atoms with Crippen LogP contribution in [0.2, 0.25) is 0 Å². The van der Waals surface area contributed by atoms with E-state index >= 15 is 0 Å². The molecular formula is C17H31N3O3. The summed E-state index contributed by atoms with van der Waals surface area (Å²) >= 11 is 0. The van der Waals surface area contributed by atoms with Gasteiger partial charge in [-0.1, -0.05) is 0 Å². The maximum Gasteiger partial charge on any atom is 0.410 e. The Hall–Kier alpha value is -1.30. The molecule has 6 nitrogen and oxygen atoms in total. The van der Waals surface area contributed by atoms with Crippen molar-refractivity contribution in [2.75, 3.05) is 39.3 Å². The van der Waals surface area contributed by atoms with Gasteiger partial charge in [-0.25, -0.2) is 4.79 Å². The highest BCUT2D eigenvalue weighted by Gasteiger charge is 2.27. The molecule has 0 aromatic heterocycles. The third-order valence-corrected chi connectivity index (χ3v) is 4.43. The molecule has 2 rings (SSSR count). The van der Waals surface area contributed by atoms with Crippen molar-refractivity contribution in [1.82, 2.24) is 15.1 Å². The average Bonchev–Trinajstić information content (AvgIpc) is 3.00. The van der Waals surface area contributed by atoms with Crippen molar-refractivity contribution in [2.24, 2.45) is 5.92 Å². The summed E-state index contributed by atoms with van der Waals surface area (Å²) in [5, 5.41) is 3.29. The Kier molecular flexibility index (Phi) is 6.27. The fraction of sp³-hybridized carbons (Fsp3) is 0.882. The zero-order chi connectivity index (χ0) is 16.9. The number of piperidine rings is 1. The lowest BCUT2D eigenvalue weighted by Gasteiger charge is -2.33. The van der Waals surface area contributed by atoms with Crippen molar-refractivity contribution in [1.29, 1.82) is 0 Å². The number of amides is 2. The molecule has 0 aromatic rings. The van der Waals surface area contributed by atoms with E-state index in [0.29, 0.717) is 12.5 Å². The van der Waals surface area contributed by atoms with Crippen molar-refractivity contribution >= 4 is 12.0 Å². The predicted molar refractivity (Wildman–Crippen MR) is 89.2 cm³/mol. The number of nitrogens with zero attached hydrogens (tertiary/aromatic N) is 2. The van der Waals surface area contributed by atoms with Gasteiger partial charge in [0.15, 0.2) is 0 Å². The summed E-state index contributed by atoms with van der Waals surface area (Å²) in [6.07, 6.45) is 3.98. The molecule has 2 heterocycles. The first kappa shape index (κ1) is 18.0. The minimum atomic E-state index is -0.439. The number of carbonyl (C=O) groups excluding carboxylic acids is 2. The van der Waals surface area contributed by atoms with Crippen molar-refractivity contribution in [3.8, 4) is 0 Å². The van der Waals surface area contributed by atoms with E-state index in [9.17, 15) is 9.59 Å². The molecule has 0 aliphatic carbocycles. The van der Waals surface area contributed by atoms with Crippen LogP contribution in [0.1, 0.15) is 46.5 Å². The number of nitrogens with one attached hydrogen (secondary N) is 1. The van der Waals surface area contributed by atoms with E-state index in [2.05, 4.69) is 5.32 Å². The fourth-order valence-electron chi connectivity index (χ4n) is 3.11. The summed E-state index contributed by atoms with van der Waals surface area (Å²) in [5.41, 5.74) is -0.439. The Labute approximate surface area is 139 Å². The third kappa shape index (κ3) is 6.01. The molecule has 2 fully saturated rings. The van der Waals surface area contributed by atoms with Gasteiger partial charge < -0.3 is 19.9 Å². The number of carbonyl (C=O) groups is 2. The zero-order valence-corrected chi connectivity index (χ0v) is 14.8. The molecule has 2 aliphatic rings. The molecule has 0 spiro atoms. The van der Waals surface area contributed by atoms with Gasteiger partial charge in [-0.3, -0.25) is 4.79 Å². The molecule has 0 unspecified atom stereocenters. The van der Waals surface area contributed by atoms with Crippen LogP contribution in [0, 0.1) is 5.92 Å². The van der Waals surface area contributed by atoms with Crippen LogP contribution in [-0.4, -0.2) is 66.7 Å². The monoisotopic (exact) mass is 325 g/mol. The molecule has 132 valence electrons. The highest BCUT2D eigenvalue weighted by molar-refractivity contribution is 5.78. The molecule has 0 atom stereocenters. The molecule has 0 radical (unpaired) electrons. The van der Waals surface area contributed by atoms with Gasteiger partial charge in [0, 0.05) is 26.2 Å². The average molecular weight is 325 g/mol. The van der Waals surface area contributed by atoms with Gasteiger partial charge in [0.05, 0.1) is 6.54 Å². The summed E-state index contributed by atoms with van der Waals surface area (Å²) in [6, 6.07) is 0. The second-order valence-corrected chi connectivity index (χ2v) is 7.63. The van der Waals surface area contributed by atoms with Crippen LogP contribution >= 0.6 is 0 Å². The fourth-order valence-corrected chi connectivity index (χ4v) is 3.11. The maximum atomic E-state index is 12.0. The second kappa shape index (κ2) is 7.99. The van der Waals surface area contributed by atoms with E-state index in [1.54, 1.807) is 4.90 Å². The van der Waals surface area contributed by atoms with Crippen LogP contribution in [0.3, 0.4) is 0 Å². The minimum absolute atomic E-state index is 0.215. The van der Waals surface area contributed by atoms with Gasteiger partial charge in [0.2, 0.25) is 5.91 Å². The summed E-state index contributed by atoms with van der Waals surface area (Å²) < 4.78 is 5.40. The first-order valence-electron chi connectivity index (χ1n) is 8.81. The molecule has 2 amide bonds. The van der Waals surface area contributed by atoms with Crippen LogP contribution in [0.5, 0.6) is 0 Å². The van der Waals surface area contributed by atoms with E-state index in [1.165, 1.54) is 0 Å². The van der Waals surface area contributed by atoms with E-state index in [0.717, 1.165) is 58.4 Å². The molecule has 23 heavy (non-hydrogen) atoms. The van der Waals surface area contributed by atoms with Gasteiger partial charge in [-0.2, -0.15) is 0 Å². The molecule has 1 N–H and O–H groups in total. The third-order valence-electron chi connectivity index (χ3n) is 4.43. The Balaban J connectivity index is 1.61. The van der Waals surface area contributed by atoms with Crippen LogP contribution in [-0.2, 0) is 9.53 Å². The lowest BCUT2D eigenvalue weighted by molar-refractivity contribution is -0.129. The summed E-state index contributed by atoms with van der Waals surface area (Å²) in [4.78, 5) is 27.7. The van der Waals surface area contributed by atoms with Crippen LogP contribution in [0.25, 0.3) is 0 Å². The number of hydrogen-bond acceptors (Lipinski definition) is 4. The Morgan fingerprint density at radius 2 is 1.65 bits per heavy atom. The van der Waals surface area contributed by atoms with Crippen molar-refractivity contribution in [2.45, 2.75) is 52.1 Å². The minimum Gasteiger partial charge on any atom is -0.444 e. The largest absolute Gasteiger partial charge is 0.444 e. The van der Waals surface area contributed by atoms with Gasteiger partial charge in [-0.15, -0.1) is 0 Å². The highest BCUT2D eigenvalue weighted by atomic mass is 16.6. The number of rotatable bonds is 4. The van der Waals surface area contributed by atoms with E-state index in [-0.39, 0.29) is 12.0 Å². The van der Waals surface area contributed by atoms with Crippen molar-refractivity contribution < 1.29 is 14.3 Å². The van der Waals surface area contributed by atoms with Gasteiger partial charge in [0.25, 0.3) is 0 Å². The van der Waals surface area contributed by atoms with E-state index in [4.69, 9.17) is 4.74 Å².